The van der Waals surface area contributed by atoms with Gasteiger partial charge >= 0.3 is 5.69 Å². The molecule has 0 bridgehead atoms. The van der Waals surface area contributed by atoms with Crippen molar-refractivity contribution in [2.24, 2.45) is 14.1 Å². The summed E-state index contributed by atoms with van der Waals surface area (Å²) in [5.41, 5.74) is 1.96. The molecule has 0 spiro atoms. The summed E-state index contributed by atoms with van der Waals surface area (Å²) in [7, 11) is 3.41. The monoisotopic (exact) mass is 276 g/mol. The number of benzene rings is 1. The Balaban J connectivity index is 2.02. The minimum Gasteiger partial charge on any atom is -0.376 e. The van der Waals surface area contributed by atoms with E-state index in [9.17, 15) is 9.59 Å². The highest BCUT2D eigenvalue weighted by Gasteiger charge is 2.24. The van der Waals surface area contributed by atoms with Crippen molar-refractivity contribution in [3.8, 4) is 0 Å². The second kappa shape index (κ2) is 4.88. The third-order valence-electron chi connectivity index (χ3n) is 3.66. The molecule has 6 heteroatoms. The number of Topliss-reactive ketones (excluding diaryl/α,β-unsaturated/α-hetero) is 1. The Bertz CT molecular complexity index is 723. The third-order valence-corrected chi connectivity index (χ3v) is 3.66. The van der Waals surface area contributed by atoms with Gasteiger partial charge in [-0.15, -0.1) is 0 Å². The van der Waals surface area contributed by atoms with E-state index in [-0.39, 0.29) is 18.1 Å². The van der Waals surface area contributed by atoms with Gasteiger partial charge in [-0.25, -0.2) is 4.79 Å². The lowest BCUT2D eigenvalue weighted by molar-refractivity contribution is -0.0719. The summed E-state index contributed by atoms with van der Waals surface area (Å²) in [6, 6.07) is 5.24. The molecule has 106 valence electrons. The van der Waals surface area contributed by atoms with Gasteiger partial charge in [-0.3, -0.25) is 13.9 Å². The van der Waals surface area contributed by atoms with Gasteiger partial charge < -0.3 is 9.47 Å². The van der Waals surface area contributed by atoms with E-state index in [0.717, 1.165) is 11.0 Å². The van der Waals surface area contributed by atoms with Crippen LogP contribution in [0.2, 0.25) is 0 Å². The van der Waals surface area contributed by atoms with Gasteiger partial charge in [0, 0.05) is 19.7 Å². The largest absolute Gasteiger partial charge is 0.376 e. The molecule has 1 aliphatic rings. The van der Waals surface area contributed by atoms with E-state index in [0.29, 0.717) is 18.8 Å². The first kappa shape index (κ1) is 13.1. The van der Waals surface area contributed by atoms with Crippen molar-refractivity contribution < 1.29 is 14.3 Å². The zero-order valence-corrected chi connectivity index (χ0v) is 11.5. The van der Waals surface area contributed by atoms with Crippen LogP contribution in [0.5, 0.6) is 0 Å². The predicted octanol–water partition coefficient (Wildman–Crippen LogP) is 0.475. The molecule has 3 rings (SSSR count). The smallest absolute Gasteiger partial charge is 0.328 e. The maximum Gasteiger partial charge on any atom is 0.328 e. The summed E-state index contributed by atoms with van der Waals surface area (Å²) in [5, 5.41) is 0. The molecule has 1 aromatic carbocycles. The molecule has 1 aliphatic heterocycles. The van der Waals surface area contributed by atoms with E-state index < -0.39 is 6.10 Å². The van der Waals surface area contributed by atoms with Crippen molar-refractivity contribution >= 4 is 16.8 Å². The highest BCUT2D eigenvalue weighted by molar-refractivity contribution is 6.02. The number of carbonyl (C=O) groups is 1. The summed E-state index contributed by atoms with van der Waals surface area (Å²) in [6.07, 6.45) is -0.554. The molecule has 0 radical (unpaired) electrons. The van der Waals surface area contributed by atoms with Crippen LogP contribution < -0.4 is 5.69 Å². The number of hydrogen-bond donors (Lipinski definition) is 0. The molecule has 1 atom stereocenters. The Morgan fingerprint density at radius 3 is 2.65 bits per heavy atom. The predicted molar refractivity (Wildman–Crippen MR) is 73.0 cm³/mol. The van der Waals surface area contributed by atoms with Crippen LogP contribution >= 0.6 is 0 Å². The Hall–Kier alpha value is -1.92. The minimum atomic E-state index is -0.554. The number of carbonyl (C=O) groups excluding carboxylic acids is 1. The first-order chi connectivity index (χ1) is 9.59. The zero-order valence-electron chi connectivity index (χ0n) is 11.5. The number of ether oxygens (including phenoxy) is 2. The Morgan fingerprint density at radius 1 is 1.20 bits per heavy atom. The number of ketones is 1. The number of hydrogen-bond acceptors (Lipinski definition) is 4. The van der Waals surface area contributed by atoms with E-state index in [4.69, 9.17) is 9.47 Å². The molecule has 0 saturated carbocycles. The van der Waals surface area contributed by atoms with Crippen molar-refractivity contribution in [3.05, 3.63) is 34.2 Å². The maximum absolute atomic E-state index is 12.3. The second-order valence-electron chi connectivity index (χ2n) is 4.90. The van der Waals surface area contributed by atoms with E-state index in [1.165, 1.54) is 4.57 Å². The van der Waals surface area contributed by atoms with E-state index in [2.05, 4.69) is 0 Å². The maximum atomic E-state index is 12.3. The molecule has 0 N–H and O–H groups in total. The van der Waals surface area contributed by atoms with Crippen LogP contribution in [0.1, 0.15) is 10.4 Å². The molecule has 2 heterocycles. The van der Waals surface area contributed by atoms with Crippen molar-refractivity contribution in [1.29, 1.82) is 0 Å². The first-order valence-electron chi connectivity index (χ1n) is 6.48. The lowest BCUT2D eigenvalue weighted by Crippen LogP contribution is -2.35. The van der Waals surface area contributed by atoms with Gasteiger partial charge in [0.05, 0.1) is 30.9 Å². The molecule has 0 amide bonds. The van der Waals surface area contributed by atoms with E-state index in [1.807, 2.05) is 0 Å². The van der Waals surface area contributed by atoms with Gasteiger partial charge in [0.1, 0.15) is 6.10 Å². The average molecular weight is 276 g/mol. The fraction of sp³-hybridized carbons (Fsp3) is 0.429. The zero-order chi connectivity index (χ0) is 14.3. The number of aromatic nitrogens is 2. The number of aryl methyl sites for hydroxylation is 2. The Labute approximate surface area is 115 Å². The normalized spacial score (nSPS) is 19.4. The second-order valence-corrected chi connectivity index (χ2v) is 4.90. The van der Waals surface area contributed by atoms with E-state index in [1.54, 1.807) is 36.9 Å². The van der Waals surface area contributed by atoms with Crippen LogP contribution in [-0.4, -0.2) is 40.8 Å². The average Bonchev–Trinajstić information content (AvgIpc) is 2.72. The van der Waals surface area contributed by atoms with Crippen molar-refractivity contribution in [3.63, 3.8) is 0 Å². The van der Waals surface area contributed by atoms with E-state index >= 15 is 0 Å². The van der Waals surface area contributed by atoms with Crippen molar-refractivity contribution in [2.45, 2.75) is 6.10 Å². The van der Waals surface area contributed by atoms with Gasteiger partial charge in [-0.1, -0.05) is 0 Å². The lowest BCUT2D eigenvalue weighted by atomic mass is 10.1. The minimum absolute atomic E-state index is 0.108. The van der Waals surface area contributed by atoms with Gasteiger partial charge in [0.25, 0.3) is 0 Å². The number of nitrogens with zero attached hydrogens (tertiary/aromatic N) is 2. The molecule has 1 aromatic heterocycles. The lowest BCUT2D eigenvalue weighted by Gasteiger charge is -2.21. The van der Waals surface area contributed by atoms with Gasteiger partial charge in [-0.05, 0) is 18.2 Å². The van der Waals surface area contributed by atoms with Crippen molar-refractivity contribution in [2.75, 3.05) is 19.8 Å². The molecule has 0 aliphatic carbocycles. The summed E-state index contributed by atoms with van der Waals surface area (Å²) < 4.78 is 13.8. The number of imidazole rings is 1. The summed E-state index contributed by atoms with van der Waals surface area (Å²) in [5.74, 6) is -0.108. The van der Waals surface area contributed by atoms with Crippen LogP contribution in [-0.2, 0) is 23.6 Å². The molecular formula is C14H16N2O4. The highest BCUT2D eigenvalue weighted by Crippen LogP contribution is 2.17. The molecule has 1 unspecified atom stereocenters. The number of rotatable bonds is 2. The Morgan fingerprint density at radius 2 is 1.95 bits per heavy atom. The van der Waals surface area contributed by atoms with Crippen LogP contribution in [0.25, 0.3) is 11.0 Å². The van der Waals surface area contributed by atoms with Crippen molar-refractivity contribution in [1.82, 2.24) is 9.13 Å². The molecular weight excluding hydrogens is 260 g/mol. The molecule has 20 heavy (non-hydrogen) atoms. The quantitative estimate of drug-likeness (QED) is 0.748. The standard InChI is InChI=1S/C14H16N2O4/c1-15-10-4-3-9(7-11(10)16(2)14(15)18)13(17)12-8-19-5-6-20-12/h3-4,7,12H,5-6,8H2,1-2H3. The van der Waals surface area contributed by atoms with Crippen LogP contribution in [0.3, 0.4) is 0 Å². The first-order valence-corrected chi connectivity index (χ1v) is 6.48. The van der Waals surface area contributed by atoms with Crippen LogP contribution in [0.4, 0.5) is 0 Å². The molecule has 2 aromatic rings. The SMILES string of the molecule is Cn1c(=O)n(C)c2cc(C(=O)C3COCCO3)ccc21. The number of fused-ring (bicyclic) bond motifs is 1. The Kier molecular flexibility index (Phi) is 3.19. The highest BCUT2D eigenvalue weighted by atomic mass is 16.6. The topological polar surface area (TPSA) is 62.5 Å². The molecule has 1 saturated heterocycles. The van der Waals surface area contributed by atoms with Crippen LogP contribution in [0.15, 0.2) is 23.0 Å². The van der Waals surface area contributed by atoms with Gasteiger partial charge in [0.15, 0.2) is 5.78 Å². The van der Waals surface area contributed by atoms with Crippen LogP contribution in [0, 0.1) is 0 Å². The molecule has 1 fully saturated rings. The molecule has 6 nitrogen and oxygen atoms in total. The third kappa shape index (κ3) is 1.97. The van der Waals surface area contributed by atoms with Gasteiger partial charge in [0.2, 0.25) is 0 Å². The summed E-state index contributed by atoms with van der Waals surface area (Å²) >= 11 is 0. The fourth-order valence-electron chi connectivity index (χ4n) is 2.49. The summed E-state index contributed by atoms with van der Waals surface area (Å²) in [4.78, 5) is 24.2. The van der Waals surface area contributed by atoms with Gasteiger partial charge in [-0.2, -0.15) is 0 Å². The summed E-state index contributed by atoms with van der Waals surface area (Å²) in [6.45, 7) is 1.24. The fourth-order valence-corrected chi connectivity index (χ4v) is 2.49.